The Morgan fingerprint density at radius 3 is 2.70 bits per heavy atom. The lowest BCUT2D eigenvalue weighted by Crippen LogP contribution is -2.23. The summed E-state index contributed by atoms with van der Waals surface area (Å²) in [6.45, 7) is 7.46. The molecule has 104 valence electrons. The van der Waals surface area contributed by atoms with Gasteiger partial charge in [-0.1, -0.05) is 26.0 Å². The van der Waals surface area contributed by atoms with Crippen LogP contribution in [0.15, 0.2) is 41.9 Å². The molecule has 3 heterocycles. The van der Waals surface area contributed by atoms with Gasteiger partial charge in [-0.25, -0.2) is 4.98 Å². The van der Waals surface area contributed by atoms with Crippen LogP contribution in [0.3, 0.4) is 0 Å². The van der Waals surface area contributed by atoms with Crippen LogP contribution in [-0.4, -0.2) is 27.4 Å². The van der Waals surface area contributed by atoms with Gasteiger partial charge in [-0.3, -0.25) is 4.90 Å². The lowest BCUT2D eigenvalue weighted by atomic mass is 10.2. The summed E-state index contributed by atoms with van der Waals surface area (Å²) >= 11 is 1.75. The molecule has 0 atom stereocenters. The van der Waals surface area contributed by atoms with Gasteiger partial charge in [0.05, 0.1) is 10.6 Å². The van der Waals surface area contributed by atoms with Crippen LogP contribution in [0.4, 0.5) is 0 Å². The normalized spacial score (nSPS) is 11.6. The van der Waals surface area contributed by atoms with Gasteiger partial charge in [0.25, 0.3) is 0 Å². The fourth-order valence-electron chi connectivity index (χ4n) is 2.47. The highest BCUT2D eigenvalue weighted by atomic mass is 32.1. The van der Waals surface area contributed by atoms with E-state index in [0.717, 1.165) is 31.0 Å². The summed E-state index contributed by atoms with van der Waals surface area (Å²) in [6.07, 6.45) is 2.11. The summed E-state index contributed by atoms with van der Waals surface area (Å²) < 4.78 is 2.22. The summed E-state index contributed by atoms with van der Waals surface area (Å²) in [5.74, 6) is 0. The maximum absolute atomic E-state index is 4.82. The zero-order valence-electron chi connectivity index (χ0n) is 11.9. The predicted octanol–water partition coefficient (Wildman–Crippen LogP) is 3.90. The second-order valence-corrected chi connectivity index (χ2v) is 5.72. The lowest BCUT2D eigenvalue weighted by molar-refractivity contribution is 0.292. The molecule has 0 bridgehead atoms. The van der Waals surface area contributed by atoms with E-state index in [2.05, 4.69) is 59.0 Å². The quantitative estimate of drug-likeness (QED) is 0.708. The molecular formula is C16H19N3S. The van der Waals surface area contributed by atoms with Gasteiger partial charge in [0.2, 0.25) is 0 Å². The number of aromatic nitrogens is 2. The number of nitrogens with zero attached hydrogens (tertiary/aromatic N) is 3. The minimum atomic E-state index is 0.936. The van der Waals surface area contributed by atoms with E-state index in [9.17, 15) is 0 Å². The summed E-state index contributed by atoms with van der Waals surface area (Å²) in [5.41, 5.74) is 3.43. The van der Waals surface area contributed by atoms with Crippen LogP contribution in [0.1, 0.15) is 19.5 Å². The van der Waals surface area contributed by atoms with Gasteiger partial charge in [0, 0.05) is 12.7 Å². The number of hydrogen-bond donors (Lipinski definition) is 0. The van der Waals surface area contributed by atoms with Crippen molar-refractivity contribution in [3.05, 3.63) is 47.6 Å². The van der Waals surface area contributed by atoms with Crippen LogP contribution in [-0.2, 0) is 6.54 Å². The zero-order valence-corrected chi connectivity index (χ0v) is 12.7. The molecule has 20 heavy (non-hydrogen) atoms. The van der Waals surface area contributed by atoms with Crippen molar-refractivity contribution in [1.82, 2.24) is 14.3 Å². The van der Waals surface area contributed by atoms with E-state index in [4.69, 9.17) is 4.98 Å². The fraction of sp³-hybridized carbons (Fsp3) is 0.312. The third-order valence-corrected chi connectivity index (χ3v) is 4.53. The van der Waals surface area contributed by atoms with Crippen molar-refractivity contribution in [3.8, 4) is 10.6 Å². The molecule has 0 saturated carbocycles. The van der Waals surface area contributed by atoms with Crippen molar-refractivity contribution in [2.45, 2.75) is 20.4 Å². The first-order valence-corrected chi connectivity index (χ1v) is 7.93. The zero-order chi connectivity index (χ0) is 13.9. The molecule has 0 aliphatic heterocycles. The maximum Gasteiger partial charge on any atom is 0.137 e. The molecule has 3 nitrogen and oxygen atoms in total. The molecule has 0 aromatic carbocycles. The lowest BCUT2D eigenvalue weighted by Gasteiger charge is -2.18. The van der Waals surface area contributed by atoms with Gasteiger partial charge in [0.1, 0.15) is 11.3 Å². The molecule has 4 heteroatoms. The molecule has 0 fully saturated rings. The van der Waals surface area contributed by atoms with Crippen LogP contribution in [0, 0.1) is 0 Å². The van der Waals surface area contributed by atoms with Gasteiger partial charge >= 0.3 is 0 Å². The Morgan fingerprint density at radius 1 is 1.15 bits per heavy atom. The first kappa shape index (κ1) is 13.3. The van der Waals surface area contributed by atoms with Crippen LogP contribution in [0.5, 0.6) is 0 Å². The van der Waals surface area contributed by atoms with E-state index >= 15 is 0 Å². The standard InChI is InChI=1S/C16H19N3S/c1-3-18(4-2)12-13-16(14-8-7-11-20-14)17-15-9-5-6-10-19(13)15/h5-11H,3-4,12H2,1-2H3. The molecule has 0 amide bonds. The topological polar surface area (TPSA) is 20.5 Å². The number of fused-ring (bicyclic) bond motifs is 1. The van der Waals surface area contributed by atoms with Crippen molar-refractivity contribution in [2.24, 2.45) is 0 Å². The Bertz CT molecular complexity index is 681. The van der Waals surface area contributed by atoms with Gasteiger partial charge in [-0.2, -0.15) is 0 Å². The predicted molar refractivity (Wildman–Crippen MR) is 85.1 cm³/mol. The van der Waals surface area contributed by atoms with Gasteiger partial charge in [0.15, 0.2) is 0 Å². The number of pyridine rings is 1. The Morgan fingerprint density at radius 2 is 2.00 bits per heavy atom. The Kier molecular flexibility index (Phi) is 3.85. The highest BCUT2D eigenvalue weighted by Gasteiger charge is 2.16. The van der Waals surface area contributed by atoms with Crippen molar-refractivity contribution < 1.29 is 0 Å². The highest BCUT2D eigenvalue weighted by Crippen LogP contribution is 2.29. The molecular weight excluding hydrogens is 266 g/mol. The van der Waals surface area contributed by atoms with Crippen molar-refractivity contribution in [2.75, 3.05) is 13.1 Å². The Labute approximate surface area is 123 Å². The summed E-state index contributed by atoms with van der Waals surface area (Å²) in [5, 5.41) is 2.11. The third kappa shape index (κ3) is 2.37. The molecule has 0 N–H and O–H groups in total. The van der Waals surface area contributed by atoms with Crippen LogP contribution < -0.4 is 0 Å². The van der Waals surface area contributed by atoms with Gasteiger partial charge in [-0.15, -0.1) is 11.3 Å². The number of rotatable bonds is 5. The molecule has 0 aliphatic carbocycles. The van der Waals surface area contributed by atoms with Gasteiger partial charge < -0.3 is 4.40 Å². The number of hydrogen-bond acceptors (Lipinski definition) is 3. The van der Waals surface area contributed by atoms with Crippen LogP contribution in [0.2, 0.25) is 0 Å². The van der Waals surface area contributed by atoms with Crippen molar-refractivity contribution >= 4 is 17.0 Å². The second kappa shape index (κ2) is 5.77. The minimum Gasteiger partial charge on any atom is -0.302 e. The van der Waals surface area contributed by atoms with E-state index in [-0.39, 0.29) is 0 Å². The summed E-state index contributed by atoms with van der Waals surface area (Å²) in [6, 6.07) is 10.4. The highest BCUT2D eigenvalue weighted by molar-refractivity contribution is 7.13. The third-order valence-electron chi connectivity index (χ3n) is 3.65. The van der Waals surface area contributed by atoms with E-state index in [1.807, 2.05) is 6.07 Å². The van der Waals surface area contributed by atoms with Crippen molar-refractivity contribution in [3.63, 3.8) is 0 Å². The number of imidazole rings is 1. The first-order valence-electron chi connectivity index (χ1n) is 7.05. The summed E-state index contributed by atoms with van der Waals surface area (Å²) in [7, 11) is 0. The maximum atomic E-state index is 4.82. The minimum absolute atomic E-state index is 0.936. The van der Waals surface area contributed by atoms with E-state index in [1.165, 1.54) is 10.6 Å². The Balaban J connectivity index is 2.13. The second-order valence-electron chi connectivity index (χ2n) is 4.77. The summed E-state index contributed by atoms with van der Waals surface area (Å²) in [4.78, 5) is 8.49. The molecule has 0 unspecified atom stereocenters. The molecule has 3 aromatic rings. The molecule has 0 aliphatic rings. The van der Waals surface area contributed by atoms with E-state index in [1.54, 1.807) is 11.3 Å². The van der Waals surface area contributed by atoms with Gasteiger partial charge in [-0.05, 0) is 36.7 Å². The van der Waals surface area contributed by atoms with Crippen LogP contribution in [0.25, 0.3) is 16.2 Å². The monoisotopic (exact) mass is 285 g/mol. The van der Waals surface area contributed by atoms with E-state index < -0.39 is 0 Å². The molecule has 3 rings (SSSR count). The first-order chi connectivity index (χ1) is 9.83. The fourth-order valence-corrected chi connectivity index (χ4v) is 3.20. The smallest absolute Gasteiger partial charge is 0.137 e. The largest absolute Gasteiger partial charge is 0.302 e. The average Bonchev–Trinajstić information content (AvgIpc) is 3.12. The Hall–Kier alpha value is -1.65. The molecule has 3 aromatic heterocycles. The average molecular weight is 285 g/mol. The SMILES string of the molecule is CCN(CC)Cc1c(-c2cccs2)nc2ccccn12. The van der Waals surface area contributed by atoms with E-state index in [0.29, 0.717) is 0 Å². The molecule has 0 saturated heterocycles. The molecule has 0 radical (unpaired) electrons. The molecule has 0 spiro atoms. The number of thiophene rings is 1. The van der Waals surface area contributed by atoms with Crippen LogP contribution >= 0.6 is 11.3 Å². The van der Waals surface area contributed by atoms with Crippen molar-refractivity contribution in [1.29, 1.82) is 0 Å².